The van der Waals surface area contributed by atoms with Gasteiger partial charge in [0.15, 0.2) is 11.5 Å². The molecule has 20 heavy (non-hydrogen) atoms. The van der Waals surface area contributed by atoms with E-state index in [1.165, 1.54) is 31.2 Å². The van der Waals surface area contributed by atoms with E-state index in [0.29, 0.717) is 12.8 Å². The Morgan fingerprint density at radius 1 is 1.20 bits per heavy atom. The zero-order valence-electron chi connectivity index (χ0n) is 12.0. The molecule has 3 aliphatic rings. The van der Waals surface area contributed by atoms with E-state index < -0.39 is 0 Å². The smallest absolute Gasteiger partial charge is 0.231 e. The number of rotatable bonds is 3. The lowest BCUT2D eigenvalue weighted by molar-refractivity contribution is 0.148. The maximum absolute atomic E-state index is 5.57. The molecule has 0 aliphatic carbocycles. The number of hydrogen-bond donors (Lipinski definition) is 1. The van der Waals surface area contributed by atoms with Crippen molar-refractivity contribution in [2.75, 3.05) is 13.8 Å². The summed E-state index contributed by atoms with van der Waals surface area (Å²) in [5, 5.41) is 3.73. The number of ether oxygens (including phenoxy) is 2. The van der Waals surface area contributed by atoms with Crippen LogP contribution in [0.15, 0.2) is 18.2 Å². The van der Waals surface area contributed by atoms with E-state index in [-0.39, 0.29) is 0 Å². The summed E-state index contributed by atoms with van der Waals surface area (Å²) < 4.78 is 11.0. The quantitative estimate of drug-likeness (QED) is 0.915. The van der Waals surface area contributed by atoms with Crippen molar-refractivity contribution in [3.05, 3.63) is 23.8 Å². The van der Waals surface area contributed by atoms with Crippen LogP contribution in [0.1, 0.15) is 31.2 Å². The van der Waals surface area contributed by atoms with Crippen LogP contribution in [0.5, 0.6) is 11.5 Å². The van der Waals surface area contributed by atoms with Crippen molar-refractivity contribution in [1.29, 1.82) is 0 Å². The van der Waals surface area contributed by atoms with Crippen molar-refractivity contribution in [2.45, 2.75) is 50.4 Å². The minimum absolute atomic E-state index is 0.352. The molecule has 1 N–H and O–H groups in total. The average molecular weight is 274 g/mol. The van der Waals surface area contributed by atoms with Gasteiger partial charge in [-0.3, -0.25) is 0 Å². The molecule has 4 rings (SSSR count). The van der Waals surface area contributed by atoms with Crippen LogP contribution in [-0.4, -0.2) is 36.9 Å². The first kappa shape index (κ1) is 12.5. The molecular weight excluding hydrogens is 252 g/mol. The number of piperidine rings is 1. The van der Waals surface area contributed by atoms with Gasteiger partial charge >= 0.3 is 0 Å². The molecule has 0 aromatic heterocycles. The van der Waals surface area contributed by atoms with Gasteiger partial charge in [0.25, 0.3) is 0 Å². The van der Waals surface area contributed by atoms with Crippen LogP contribution in [0.3, 0.4) is 0 Å². The lowest BCUT2D eigenvalue weighted by Gasteiger charge is -2.36. The standard InChI is InChI=1S/C16H22N2O2/c1-18-13-5-6-14(18)8-12(7-13)17-9-11-3-2-4-15-16(11)20-10-19-15/h2-4,12-14,17H,5-10H2,1H3. The first-order chi connectivity index (χ1) is 9.81. The van der Waals surface area contributed by atoms with Crippen LogP contribution in [0.25, 0.3) is 0 Å². The van der Waals surface area contributed by atoms with Crippen LogP contribution in [0.4, 0.5) is 0 Å². The number of para-hydroxylation sites is 1. The number of nitrogens with zero attached hydrogens (tertiary/aromatic N) is 1. The Bertz CT molecular complexity index is 491. The second-order valence-electron chi connectivity index (χ2n) is 6.25. The fraction of sp³-hybridized carbons (Fsp3) is 0.625. The fourth-order valence-corrected chi connectivity index (χ4v) is 3.96. The zero-order valence-corrected chi connectivity index (χ0v) is 12.0. The predicted octanol–water partition coefficient (Wildman–Crippen LogP) is 2.13. The SMILES string of the molecule is CN1C2CCC1CC(NCc1cccc3c1OCO3)C2. The molecule has 2 unspecified atom stereocenters. The summed E-state index contributed by atoms with van der Waals surface area (Å²) in [6, 6.07) is 8.36. The van der Waals surface area contributed by atoms with E-state index in [9.17, 15) is 0 Å². The highest BCUT2D eigenvalue weighted by Crippen LogP contribution is 2.36. The van der Waals surface area contributed by atoms with Crippen LogP contribution < -0.4 is 14.8 Å². The van der Waals surface area contributed by atoms with Crippen LogP contribution >= 0.6 is 0 Å². The van der Waals surface area contributed by atoms with Crippen molar-refractivity contribution < 1.29 is 9.47 Å². The molecule has 2 bridgehead atoms. The molecule has 4 heteroatoms. The zero-order chi connectivity index (χ0) is 13.5. The molecule has 0 amide bonds. The van der Waals surface area contributed by atoms with E-state index in [4.69, 9.17) is 9.47 Å². The summed E-state index contributed by atoms with van der Waals surface area (Å²) in [5.41, 5.74) is 1.21. The minimum Gasteiger partial charge on any atom is -0.454 e. The van der Waals surface area contributed by atoms with Gasteiger partial charge in [-0.15, -0.1) is 0 Å². The Morgan fingerprint density at radius 3 is 2.80 bits per heavy atom. The highest BCUT2D eigenvalue weighted by atomic mass is 16.7. The summed E-state index contributed by atoms with van der Waals surface area (Å²) in [4.78, 5) is 2.58. The predicted molar refractivity (Wildman–Crippen MR) is 77.0 cm³/mol. The van der Waals surface area contributed by atoms with Gasteiger partial charge in [0.1, 0.15) is 0 Å². The Morgan fingerprint density at radius 2 is 2.00 bits per heavy atom. The third-order valence-corrected chi connectivity index (χ3v) is 5.16. The van der Waals surface area contributed by atoms with Crippen molar-refractivity contribution in [3.8, 4) is 11.5 Å². The largest absolute Gasteiger partial charge is 0.454 e. The molecule has 0 saturated carbocycles. The molecule has 2 saturated heterocycles. The van der Waals surface area contributed by atoms with Crippen LogP contribution in [-0.2, 0) is 6.54 Å². The van der Waals surface area contributed by atoms with Crippen molar-refractivity contribution in [3.63, 3.8) is 0 Å². The molecule has 1 aromatic carbocycles. The molecule has 3 heterocycles. The maximum Gasteiger partial charge on any atom is 0.231 e. The van der Waals surface area contributed by atoms with Gasteiger partial charge in [0.05, 0.1) is 0 Å². The van der Waals surface area contributed by atoms with Crippen molar-refractivity contribution in [2.24, 2.45) is 0 Å². The van der Waals surface area contributed by atoms with Gasteiger partial charge in [-0.25, -0.2) is 0 Å². The Balaban J connectivity index is 1.41. The topological polar surface area (TPSA) is 33.7 Å². The third-order valence-electron chi connectivity index (χ3n) is 5.16. The summed E-state index contributed by atoms with van der Waals surface area (Å²) in [6.07, 6.45) is 5.30. The Hall–Kier alpha value is -1.26. The number of benzene rings is 1. The van der Waals surface area contributed by atoms with E-state index in [0.717, 1.165) is 30.1 Å². The van der Waals surface area contributed by atoms with Gasteiger partial charge in [-0.1, -0.05) is 12.1 Å². The lowest BCUT2D eigenvalue weighted by Crippen LogP contribution is -2.47. The second-order valence-corrected chi connectivity index (χ2v) is 6.25. The molecule has 4 nitrogen and oxygen atoms in total. The maximum atomic E-state index is 5.57. The van der Waals surface area contributed by atoms with Crippen LogP contribution in [0, 0.1) is 0 Å². The number of hydrogen-bond acceptors (Lipinski definition) is 4. The monoisotopic (exact) mass is 274 g/mol. The van der Waals surface area contributed by atoms with E-state index >= 15 is 0 Å². The van der Waals surface area contributed by atoms with Gasteiger partial charge in [0, 0.05) is 30.2 Å². The Kier molecular flexibility index (Phi) is 3.08. The first-order valence-corrected chi connectivity index (χ1v) is 7.64. The van der Waals surface area contributed by atoms with Gasteiger partial charge in [-0.05, 0) is 38.8 Å². The van der Waals surface area contributed by atoms with Gasteiger partial charge in [0.2, 0.25) is 6.79 Å². The number of fused-ring (bicyclic) bond motifs is 3. The first-order valence-electron chi connectivity index (χ1n) is 7.64. The third kappa shape index (κ3) is 2.07. The Labute approximate surface area is 120 Å². The van der Waals surface area contributed by atoms with E-state index in [2.05, 4.69) is 23.3 Å². The summed E-state index contributed by atoms with van der Waals surface area (Å²) in [6.45, 7) is 1.23. The summed E-state index contributed by atoms with van der Waals surface area (Å²) >= 11 is 0. The average Bonchev–Trinajstić information content (AvgIpc) is 2.99. The molecule has 2 fully saturated rings. The number of nitrogens with one attached hydrogen (secondary N) is 1. The molecule has 2 atom stereocenters. The van der Waals surface area contributed by atoms with E-state index in [1.54, 1.807) is 0 Å². The highest BCUT2D eigenvalue weighted by molar-refractivity contribution is 5.48. The molecule has 108 valence electrons. The van der Waals surface area contributed by atoms with Gasteiger partial charge in [-0.2, -0.15) is 0 Å². The molecule has 3 aliphatic heterocycles. The van der Waals surface area contributed by atoms with Crippen molar-refractivity contribution >= 4 is 0 Å². The van der Waals surface area contributed by atoms with Crippen LogP contribution in [0.2, 0.25) is 0 Å². The van der Waals surface area contributed by atoms with E-state index in [1.807, 2.05) is 12.1 Å². The second kappa shape index (κ2) is 4.93. The highest BCUT2D eigenvalue weighted by Gasteiger charge is 2.38. The lowest BCUT2D eigenvalue weighted by atomic mass is 9.97. The summed E-state index contributed by atoms with van der Waals surface area (Å²) in [5.74, 6) is 1.81. The normalized spacial score (nSPS) is 31.8. The molecular formula is C16H22N2O2. The minimum atomic E-state index is 0.352. The fourth-order valence-electron chi connectivity index (χ4n) is 3.96. The summed E-state index contributed by atoms with van der Waals surface area (Å²) in [7, 11) is 2.29. The molecule has 0 radical (unpaired) electrons. The van der Waals surface area contributed by atoms with Gasteiger partial charge < -0.3 is 19.7 Å². The molecule has 0 spiro atoms. The molecule has 1 aromatic rings. The van der Waals surface area contributed by atoms with Crippen molar-refractivity contribution in [1.82, 2.24) is 10.2 Å².